The second-order valence-corrected chi connectivity index (χ2v) is 9.62. The molecule has 0 spiro atoms. The van der Waals surface area contributed by atoms with Crippen molar-refractivity contribution in [1.29, 1.82) is 0 Å². The van der Waals surface area contributed by atoms with Crippen molar-refractivity contribution in [1.82, 2.24) is 9.80 Å². The van der Waals surface area contributed by atoms with Crippen LogP contribution < -0.4 is 4.72 Å². The number of amides is 1. The molecule has 1 aliphatic rings. The van der Waals surface area contributed by atoms with Crippen LogP contribution in [0.1, 0.15) is 42.3 Å². The van der Waals surface area contributed by atoms with Crippen molar-refractivity contribution in [2.24, 2.45) is 4.99 Å². The number of hydrogen-bond donors (Lipinski definition) is 1. The number of benzene rings is 2. The van der Waals surface area contributed by atoms with Crippen LogP contribution in [0.5, 0.6) is 0 Å². The molecular weight excluding hydrogens is 478 g/mol. The third-order valence-corrected chi connectivity index (χ3v) is 7.06. The van der Waals surface area contributed by atoms with E-state index < -0.39 is 11.7 Å². The Labute approximate surface area is 217 Å². The first kappa shape index (κ1) is 27.6. The number of nitrogens with one attached hydrogen (secondary N) is 1. The van der Waals surface area contributed by atoms with Crippen LogP contribution in [0.15, 0.2) is 69.6 Å². The number of halogens is 2. The minimum Gasteiger partial charge on any atom is -0.336 e. The van der Waals surface area contributed by atoms with Gasteiger partial charge >= 0.3 is 0 Å². The van der Waals surface area contributed by atoms with Crippen LogP contribution in [-0.2, 0) is 0 Å². The average Bonchev–Trinajstić information content (AvgIpc) is 2.87. The number of carbonyl (C=O) groups is 1. The molecule has 1 saturated heterocycles. The maximum atomic E-state index is 14.0. The van der Waals surface area contributed by atoms with Gasteiger partial charge in [0.05, 0.1) is 10.6 Å². The Morgan fingerprint density at radius 2 is 1.81 bits per heavy atom. The van der Waals surface area contributed by atoms with E-state index in [9.17, 15) is 13.6 Å². The van der Waals surface area contributed by atoms with Crippen molar-refractivity contribution in [3.8, 4) is 0 Å². The lowest BCUT2D eigenvalue weighted by Crippen LogP contribution is -2.49. The van der Waals surface area contributed by atoms with E-state index in [1.54, 1.807) is 19.2 Å². The zero-order valence-electron chi connectivity index (χ0n) is 21.6. The first-order chi connectivity index (χ1) is 17.2. The summed E-state index contributed by atoms with van der Waals surface area (Å²) in [5, 5.41) is 0. The van der Waals surface area contributed by atoms with Gasteiger partial charge in [-0.1, -0.05) is 18.2 Å². The van der Waals surface area contributed by atoms with Crippen LogP contribution in [0.25, 0.3) is 0 Å². The van der Waals surface area contributed by atoms with Crippen molar-refractivity contribution >= 4 is 35.4 Å². The number of hydrogen-bond acceptors (Lipinski definition) is 5. The van der Waals surface area contributed by atoms with E-state index in [0.717, 1.165) is 34.3 Å². The van der Waals surface area contributed by atoms with Crippen LogP contribution in [0, 0.1) is 13.8 Å². The van der Waals surface area contributed by atoms with Crippen LogP contribution >= 0.6 is 11.9 Å². The largest absolute Gasteiger partial charge is 0.336 e. The van der Waals surface area contributed by atoms with Gasteiger partial charge in [0.25, 0.3) is 5.91 Å². The predicted octanol–water partition coefficient (Wildman–Crippen LogP) is 7.02. The first-order valence-corrected chi connectivity index (χ1v) is 12.9. The van der Waals surface area contributed by atoms with Gasteiger partial charge in [0.15, 0.2) is 5.83 Å². The molecule has 0 bridgehead atoms. The molecule has 36 heavy (non-hydrogen) atoms. The summed E-state index contributed by atoms with van der Waals surface area (Å²) in [6.07, 6.45) is 3.39. The minimum atomic E-state index is -0.808. The van der Waals surface area contributed by atoms with Crippen LogP contribution in [0.4, 0.5) is 20.2 Å². The molecule has 0 atom stereocenters. The Hall–Kier alpha value is -2.97. The Bertz CT molecular complexity index is 1180. The van der Waals surface area contributed by atoms with E-state index in [0.29, 0.717) is 43.9 Å². The summed E-state index contributed by atoms with van der Waals surface area (Å²) in [5.41, 5.74) is 4.94. The summed E-state index contributed by atoms with van der Waals surface area (Å²) >= 11 is 1.50. The van der Waals surface area contributed by atoms with Gasteiger partial charge in [-0.15, -0.1) is 0 Å². The molecule has 0 unspecified atom stereocenters. The van der Waals surface area contributed by atoms with E-state index in [1.807, 2.05) is 67.0 Å². The number of anilines is 1. The molecule has 2 aromatic carbocycles. The maximum absolute atomic E-state index is 14.0. The van der Waals surface area contributed by atoms with Crippen LogP contribution in [0.2, 0.25) is 0 Å². The van der Waals surface area contributed by atoms with Gasteiger partial charge in [0, 0.05) is 55.8 Å². The van der Waals surface area contributed by atoms with Crippen molar-refractivity contribution in [2.45, 2.75) is 39.5 Å². The highest BCUT2D eigenvalue weighted by Gasteiger charge is 2.24. The number of para-hydroxylation sites is 1. The van der Waals surface area contributed by atoms with Gasteiger partial charge in [-0.05, 0) is 82.0 Å². The Balaban J connectivity index is 1.60. The van der Waals surface area contributed by atoms with Crippen molar-refractivity contribution < 1.29 is 13.6 Å². The fraction of sp³-hybridized carbons (Fsp3) is 0.357. The standard InChI is InChI=1S/C28H34F2N4OS/c1-6-22(26(30)21(5)29)18-33-13-15-34(16-14-33)28(35)23-11-12-24(20(4)17-23)32-36-25-10-8-9-19(3)27(25)31-7-2/h6-12,17,32H,13-16,18H2,1-5H3/b22-6-,26-21-,31-7-. The average molecular weight is 513 g/mol. The summed E-state index contributed by atoms with van der Waals surface area (Å²) in [6, 6.07) is 11.8. The first-order valence-electron chi connectivity index (χ1n) is 12.1. The van der Waals surface area contributed by atoms with Crippen molar-refractivity contribution in [3.05, 3.63) is 76.4 Å². The molecule has 192 valence electrons. The Morgan fingerprint density at radius 3 is 2.42 bits per heavy atom. The topological polar surface area (TPSA) is 47.9 Å². The molecule has 3 rings (SSSR count). The number of nitrogens with zero attached hydrogens (tertiary/aromatic N) is 3. The molecule has 0 aliphatic carbocycles. The second kappa shape index (κ2) is 12.8. The van der Waals surface area contributed by atoms with Gasteiger partial charge < -0.3 is 9.62 Å². The summed E-state index contributed by atoms with van der Waals surface area (Å²) in [5.74, 6) is -1.63. The number of piperazine rings is 1. The van der Waals surface area contributed by atoms with E-state index in [-0.39, 0.29) is 5.91 Å². The highest BCUT2D eigenvalue weighted by Crippen LogP contribution is 2.34. The lowest BCUT2D eigenvalue weighted by Gasteiger charge is -2.35. The molecule has 1 heterocycles. The van der Waals surface area contributed by atoms with Crippen LogP contribution in [0.3, 0.4) is 0 Å². The molecule has 1 fully saturated rings. The molecule has 0 radical (unpaired) electrons. The SMILES string of the molecule is C/C=N\c1c(C)cccc1SNc1ccc(C(=O)N2CCN(CC(=C/C)/C(F)=C(\C)F)CC2)cc1C. The zero-order chi connectivity index (χ0) is 26.2. The van der Waals surface area contributed by atoms with E-state index >= 15 is 0 Å². The summed E-state index contributed by atoms with van der Waals surface area (Å²) in [6.45, 7) is 11.4. The predicted molar refractivity (Wildman–Crippen MR) is 147 cm³/mol. The maximum Gasteiger partial charge on any atom is 0.253 e. The zero-order valence-corrected chi connectivity index (χ0v) is 22.4. The highest BCUT2D eigenvalue weighted by atomic mass is 32.2. The number of rotatable bonds is 8. The molecular formula is C28H34F2N4OS. The van der Waals surface area contributed by atoms with Gasteiger partial charge in [-0.2, -0.15) is 0 Å². The number of carbonyl (C=O) groups excluding carboxylic acids is 1. The van der Waals surface area contributed by atoms with E-state index in [2.05, 4.69) is 9.71 Å². The molecule has 5 nitrogen and oxygen atoms in total. The molecule has 0 aromatic heterocycles. The van der Waals surface area contributed by atoms with Crippen molar-refractivity contribution in [3.63, 3.8) is 0 Å². The monoisotopic (exact) mass is 512 g/mol. The quantitative estimate of drug-likeness (QED) is 0.235. The molecule has 1 aliphatic heterocycles. The third kappa shape index (κ3) is 6.83. The van der Waals surface area contributed by atoms with Crippen molar-refractivity contribution in [2.75, 3.05) is 37.4 Å². The summed E-state index contributed by atoms with van der Waals surface area (Å²) < 4.78 is 30.7. The molecule has 0 saturated carbocycles. The fourth-order valence-electron chi connectivity index (χ4n) is 4.07. The molecule has 1 amide bonds. The number of aliphatic imine (C=N–C) groups is 1. The van der Waals surface area contributed by atoms with Gasteiger partial charge in [0.1, 0.15) is 5.83 Å². The third-order valence-electron chi connectivity index (χ3n) is 6.19. The van der Waals surface area contributed by atoms with Gasteiger partial charge in [-0.3, -0.25) is 14.7 Å². The Kier molecular flexibility index (Phi) is 9.84. The summed E-state index contributed by atoms with van der Waals surface area (Å²) in [4.78, 5) is 22.5. The molecule has 8 heteroatoms. The Morgan fingerprint density at radius 1 is 1.08 bits per heavy atom. The number of allylic oxidation sites excluding steroid dienone is 2. The summed E-state index contributed by atoms with van der Waals surface area (Å²) in [7, 11) is 0. The minimum absolute atomic E-state index is 0.0212. The smallest absolute Gasteiger partial charge is 0.253 e. The lowest BCUT2D eigenvalue weighted by molar-refractivity contribution is 0.0647. The normalized spacial score (nSPS) is 15.9. The number of aryl methyl sites for hydroxylation is 2. The fourth-order valence-corrected chi connectivity index (χ4v) is 4.98. The van der Waals surface area contributed by atoms with E-state index in [4.69, 9.17) is 0 Å². The highest BCUT2D eigenvalue weighted by molar-refractivity contribution is 8.00. The second-order valence-electron chi connectivity index (χ2n) is 8.77. The molecule has 1 N–H and O–H groups in total. The lowest BCUT2D eigenvalue weighted by atomic mass is 10.1. The van der Waals surface area contributed by atoms with Gasteiger partial charge in [-0.25, -0.2) is 8.78 Å². The van der Waals surface area contributed by atoms with Crippen LogP contribution in [-0.4, -0.2) is 54.6 Å². The van der Waals surface area contributed by atoms with Gasteiger partial charge in [0.2, 0.25) is 0 Å². The van der Waals surface area contributed by atoms with E-state index in [1.165, 1.54) is 11.9 Å². The molecule has 2 aromatic rings.